The lowest BCUT2D eigenvalue weighted by atomic mass is 10.0. The van der Waals surface area contributed by atoms with E-state index in [0.717, 1.165) is 25.0 Å². The lowest BCUT2D eigenvalue weighted by molar-refractivity contribution is -0.154. The number of rotatable bonds is 3. The van der Waals surface area contributed by atoms with Gasteiger partial charge in [-0.1, -0.05) is 30.3 Å². The quantitative estimate of drug-likeness (QED) is 0.732. The van der Waals surface area contributed by atoms with Crippen LogP contribution in [0.3, 0.4) is 0 Å². The van der Waals surface area contributed by atoms with Gasteiger partial charge in [0.2, 0.25) is 0 Å². The van der Waals surface area contributed by atoms with Crippen LogP contribution < -0.4 is 0 Å². The molecule has 3 heteroatoms. The van der Waals surface area contributed by atoms with Crippen molar-refractivity contribution < 1.29 is 14.3 Å². The van der Waals surface area contributed by atoms with E-state index >= 15 is 0 Å². The second-order valence-corrected chi connectivity index (χ2v) is 4.01. The first kappa shape index (κ1) is 11.1. The van der Waals surface area contributed by atoms with Gasteiger partial charge in [-0.05, 0) is 18.4 Å². The van der Waals surface area contributed by atoms with Crippen LogP contribution >= 0.6 is 0 Å². The summed E-state index contributed by atoms with van der Waals surface area (Å²) < 4.78 is 10.5. The molecule has 86 valence electrons. The molecule has 1 aromatic rings. The molecule has 1 aromatic carbocycles. The van der Waals surface area contributed by atoms with Crippen LogP contribution in [-0.2, 0) is 20.9 Å². The first-order valence-corrected chi connectivity index (χ1v) is 5.64. The van der Waals surface area contributed by atoms with Crippen molar-refractivity contribution in [2.75, 3.05) is 13.2 Å². The van der Waals surface area contributed by atoms with Gasteiger partial charge in [-0.3, -0.25) is 4.79 Å². The van der Waals surface area contributed by atoms with Crippen molar-refractivity contribution >= 4 is 5.97 Å². The SMILES string of the molecule is O=C(OCc1ccccc1)[C@@H]1CCCOC1. The largest absolute Gasteiger partial charge is 0.461 e. The van der Waals surface area contributed by atoms with E-state index in [-0.39, 0.29) is 11.9 Å². The second kappa shape index (κ2) is 5.66. The summed E-state index contributed by atoms with van der Waals surface area (Å²) in [5.74, 6) is -0.207. The van der Waals surface area contributed by atoms with Gasteiger partial charge in [-0.15, -0.1) is 0 Å². The second-order valence-electron chi connectivity index (χ2n) is 4.01. The maximum absolute atomic E-state index is 11.7. The fourth-order valence-corrected chi connectivity index (χ4v) is 1.77. The molecule has 0 bridgehead atoms. The molecular weight excluding hydrogens is 204 g/mol. The highest BCUT2D eigenvalue weighted by Gasteiger charge is 2.22. The Morgan fingerprint density at radius 1 is 1.38 bits per heavy atom. The Kier molecular flexibility index (Phi) is 3.94. The van der Waals surface area contributed by atoms with E-state index in [1.54, 1.807) is 0 Å². The summed E-state index contributed by atoms with van der Waals surface area (Å²) in [6.07, 6.45) is 1.83. The lowest BCUT2D eigenvalue weighted by Crippen LogP contribution is -2.26. The highest BCUT2D eigenvalue weighted by molar-refractivity contribution is 5.72. The third-order valence-electron chi connectivity index (χ3n) is 2.72. The summed E-state index contributed by atoms with van der Waals surface area (Å²) in [6.45, 7) is 1.63. The van der Waals surface area contributed by atoms with E-state index in [0.29, 0.717) is 13.2 Å². The molecule has 0 spiro atoms. The van der Waals surface area contributed by atoms with Crippen LogP contribution in [0.1, 0.15) is 18.4 Å². The molecule has 1 aliphatic heterocycles. The van der Waals surface area contributed by atoms with Gasteiger partial charge in [-0.25, -0.2) is 0 Å². The first-order chi connectivity index (χ1) is 7.86. The topological polar surface area (TPSA) is 35.5 Å². The smallest absolute Gasteiger partial charge is 0.311 e. The van der Waals surface area contributed by atoms with E-state index in [4.69, 9.17) is 9.47 Å². The summed E-state index contributed by atoms with van der Waals surface area (Å²) in [6, 6.07) is 9.72. The maximum atomic E-state index is 11.7. The average molecular weight is 220 g/mol. The van der Waals surface area contributed by atoms with Crippen LogP contribution in [0.15, 0.2) is 30.3 Å². The van der Waals surface area contributed by atoms with Crippen molar-refractivity contribution in [2.24, 2.45) is 5.92 Å². The van der Waals surface area contributed by atoms with Gasteiger partial charge >= 0.3 is 5.97 Å². The van der Waals surface area contributed by atoms with Crippen LogP contribution in [0.5, 0.6) is 0 Å². The molecule has 1 heterocycles. The minimum absolute atomic E-state index is 0.0718. The third kappa shape index (κ3) is 3.07. The molecular formula is C13H16O3. The highest BCUT2D eigenvalue weighted by Crippen LogP contribution is 2.15. The molecule has 0 saturated carbocycles. The summed E-state index contributed by atoms with van der Waals surface area (Å²) >= 11 is 0. The number of hydrogen-bond acceptors (Lipinski definition) is 3. The molecule has 1 fully saturated rings. The molecule has 0 radical (unpaired) electrons. The molecule has 0 N–H and O–H groups in total. The number of hydrogen-bond donors (Lipinski definition) is 0. The monoisotopic (exact) mass is 220 g/mol. The number of esters is 1. The summed E-state index contributed by atoms with van der Waals surface area (Å²) in [5, 5.41) is 0. The molecule has 16 heavy (non-hydrogen) atoms. The summed E-state index contributed by atoms with van der Waals surface area (Å²) in [5.41, 5.74) is 1.02. The maximum Gasteiger partial charge on any atom is 0.311 e. The lowest BCUT2D eigenvalue weighted by Gasteiger charge is -2.20. The van der Waals surface area contributed by atoms with Gasteiger partial charge in [0, 0.05) is 6.61 Å². The van der Waals surface area contributed by atoms with E-state index in [1.807, 2.05) is 30.3 Å². The van der Waals surface area contributed by atoms with Crippen LogP contribution in [0.4, 0.5) is 0 Å². The molecule has 0 aromatic heterocycles. The van der Waals surface area contributed by atoms with Gasteiger partial charge in [0.15, 0.2) is 0 Å². The first-order valence-electron chi connectivity index (χ1n) is 5.64. The Morgan fingerprint density at radius 2 is 2.19 bits per heavy atom. The Bertz CT molecular complexity index is 328. The van der Waals surface area contributed by atoms with Gasteiger partial charge in [-0.2, -0.15) is 0 Å². The van der Waals surface area contributed by atoms with Crippen LogP contribution in [0, 0.1) is 5.92 Å². The zero-order valence-electron chi connectivity index (χ0n) is 9.22. The fraction of sp³-hybridized carbons (Fsp3) is 0.462. The van der Waals surface area contributed by atoms with Crippen molar-refractivity contribution in [1.29, 1.82) is 0 Å². The van der Waals surface area contributed by atoms with Crippen LogP contribution in [0.25, 0.3) is 0 Å². The van der Waals surface area contributed by atoms with Gasteiger partial charge < -0.3 is 9.47 Å². The molecule has 0 aliphatic carbocycles. The van der Waals surface area contributed by atoms with E-state index in [1.165, 1.54) is 0 Å². The van der Waals surface area contributed by atoms with E-state index in [9.17, 15) is 4.79 Å². The van der Waals surface area contributed by atoms with Crippen LogP contribution in [0.2, 0.25) is 0 Å². The average Bonchev–Trinajstić information content (AvgIpc) is 2.38. The minimum Gasteiger partial charge on any atom is -0.461 e. The Hall–Kier alpha value is -1.35. The van der Waals surface area contributed by atoms with Crippen molar-refractivity contribution in [3.63, 3.8) is 0 Å². The number of carbonyl (C=O) groups is 1. The number of carbonyl (C=O) groups excluding carboxylic acids is 1. The molecule has 0 amide bonds. The van der Waals surface area contributed by atoms with Gasteiger partial charge in [0.05, 0.1) is 12.5 Å². The normalized spacial score (nSPS) is 20.4. The zero-order valence-corrected chi connectivity index (χ0v) is 9.22. The molecule has 1 atom stereocenters. The van der Waals surface area contributed by atoms with Crippen molar-refractivity contribution in [3.05, 3.63) is 35.9 Å². The highest BCUT2D eigenvalue weighted by atomic mass is 16.5. The van der Waals surface area contributed by atoms with Gasteiger partial charge in [0.1, 0.15) is 6.61 Å². The van der Waals surface area contributed by atoms with Crippen molar-refractivity contribution in [2.45, 2.75) is 19.4 Å². The van der Waals surface area contributed by atoms with Crippen molar-refractivity contribution in [1.82, 2.24) is 0 Å². The molecule has 1 saturated heterocycles. The molecule has 2 rings (SSSR count). The predicted molar refractivity (Wildman–Crippen MR) is 59.8 cm³/mol. The molecule has 1 aliphatic rings. The van der Waals surface area contributed by atoms with Crippen LogP contribution in [-0.4, -0.2) is 19.2 Å². The zero-order chi connectivity index (χ0) is 11.2. The molecule has 3 nitrogen and oxygen atoms in total. The number of ether oxygens (including phenoxy) is 2. The predicted octanol–water partition coefficient (Wildman–Crippen LogP) is 2.16. The summed E-state index contributed by atoms with van der Waals surface area (Å²) in [7, 11) is 0. The third-order valence-corrected chi connectivity index (χ3v) is 2.72. The Balaban J connectivity index is 1.79. The van der Waals surface area contributed by atoms with E-state index < -0.39 is 0 Å². The summed E-state index contributed by atoms with van der Waals surface area (Å²) in [4.78, 5) is 11.7. The fourth-order valence-electron chi connectivity index (χ4n) is 1.77. The Labute approximate surface area is 95.4 Å². The number of benzene rings is 1. The van der Waals surface area contributed by atoms with Gasteiger partial charge in [0.25, 0.3) is 0 Å². The van der Waals surface area contributed by atoms with E-state index in [2.05, 4.69) is 0 Å². The standard InChI is InChI=1S/C13H16O3/c14-13(12-7-4-8-15-10-12)16-9-11-5-2-1-3-6-11/h1-3,5-6,12H,4,7-10H2/t12-/m1/s1. The Morgan fingerprint density at radius 3 is 2.88 bits per heavy atom. The van der Waals surface area contributed by atoms with Crippen molar-refractivity contribution in [3.8, 4) is 0 Å². The minimum atomic E-state index is -0.136. The molecule has 0 unspecified atom stereocenters.